The molecule has 0 amide bonds. The van der Waals surface area contributed by atoms with Gasteiger partial charge in [-0.3, -0.25) is 0 Å². The summed E-state index contributed by atoms with van der Waals surface area (Å²) in [5, 5.41) is 85.7. The fourth-order valence-electron chi connectivity index (χ4n) is 23.2. The van der Waals surface area contributed by atoms with Gasteiger partial charge >= 0.3 is 0 Å². The van der Waals surface area contributed by atoms with Crippen LogP contribution in [0.3, 0.4) is 0 Å². The van der Waals surface area contributed by atoms with Gasteiger partial charge in [-0.05, 0) is 456 Å². The van der Waals surface area contributed by atoms with Crippen molar-refractivity contribution in [3.05, 3.63) is 462 Å². The molecule has 0 aromatic heterocycles. The van der Waals surface area contributed by atoms with E-state index in [2.05, 4.69) is 366 Å². The fourth-order valence-corrected chi connectivity index (χ4v) is 23.2. The van der Waals surface area contributed by atoms with Crippen LogP contribution in [0.1, 0.15) is 65.3 Å². The van der Waals surface area contributed by atoms with Crippen molar-refractivity contribution in [3.8, 4) is 181 Å². The molecule has 0 radical (unpaired) electrons. The highest BCUT2D eigenvalue weighted by molar-refractivity contribution is 6.32. The molecule has 25 aromatic carbocycles. The van der Waals surface area contributed by atoms with Gasteiger partial charge in [0.2, 0.25) is 0 Å². The van der Waals surface area contributed by atoms with Gasteiger partial charge in [-0.25, -0.2) is 4.85 Å². The largest absolute Gasteiger partial charge is 0.238 e. The van der Waals surface area contributed by atoms with E-state index in [9.17, 15) is 31.6 Å². The number of aryl methyl sites for hydroxylation is 1. The molecule has 0 aliphatic heterocycles. The normalized spacial score (nSPS) is 11.7. The predicted octanol–water partition coefficient (Wildman–Crippen LogP) is 36.9. The summed E-state index contributed by atoms with van der Waals surface area (Å²) in [5.74, 6) is 0. The second kappa shape index (κ2) is 33.4. The third-order valence-corrected chi connectivity index (χ3v) is 30.4. The molecule has 0 atom stereocenters. The van der Waals surface area contributed by atoms with Crippen LogP contribution in [-0.2, 0) is 5.41 Å². The topological polar surface area (TPSA) is 147 Å². The highest BCUT2D eigenvalue weighted by Crippen LogP contribution is 2.57. The molecule has 0 saturated heterocycles. The van der Waals surface area contributed by atoms with Crippen molar-refractivity contribution in [3.63, 3.8) is 0 Å². The van der Waals surface area contributed by atoms with Crippen LogP contribution in [0.15, 0.2) is 406 Å². The van der Waals surface area contributed by atoms with Gasteiger partial charge in [0.15, 0.2) is 5.69 Å². The Morgan fingerprint density at radius 3 is 0.669 bits per heavy atom. The molecular weight excluding hydrogens is 1760 g/mol. The highest BCUT2D eigenvalue weighted by Gasteiger charge is 2.31. The second-order valence-electron chi connectivity index (χ2n) is 39.4. The van der Waals surface area contributed by atoms with Crippen molar-refractivity contribution < 1.29 is 0 Å². The summed E-state index contributed by atoms with van der Waals surface area (Å²) in [6, 6.07) is 157. The number of hydrogen-bond acceptors (Lipinski definition) is 6. The minimum Gasteiger partial charge on any atom is -0.238 e. The van der Waals surface area contributed by atoms with Crippen molar-refractivity contribution in [2.45, 2.75) is 33.1 Å². The van der Waals surface area contributed by atoms with E-state index >= 15 is 0 Å². The Kier molecular flexibility index (Phi) is 19.7. The van der Waals surface area contributed by atoms with Gasteiger partial charge in [-0.1, -0.05) is 269 Å². The molecule has 0 spiro atoms. The van der Waals surface area contributed by atoms with Crippen molar-refractivity contribution in [2.75, 3.05) is 0 Å². The van der Waals surface area contributed by atoms with Gasteiger partial charge < -0.3 is 0 Å². The van der Waals surface area contributed by atoms with E-state index in [0.29, 0.717) is 39.1 Å². The number of hydrogen-bond donors (Lipinski definition) is 0. The molecule has 28 rings (SSSR count). The lowest BCUT2D eigenvalue weighted by atomic mass is 9.82. The van der Waals surface area contributed by atoms with Crippen LogP contribution in [0.5, 0.6) is 0 Å². The third-order valence-electron chi connectivity index (χ3n) is 30.4. The lowest BCUT2D eigenvalue weighted by molar-refractivity contribution is 0.591. The summed E-state index contributed by atoms with van der Waals surface area (Å²) in [6.07, 6.45) is 0. The first kappa shape index (κ1) is 85.5. The zero-order valence-electron chi connectivity index (χ0n) is 79.3. The number of nitrogens with zero attached hydrogens (tertiary/aromatic N) is 7. The molecule has 0 heterocycles. The summed E-state index contributed by atoms with van der Waals surface area (Å²) < 4.78 is 0. The van der Waals surface area contributed by atoms with Crippen LogP contribution < -0.4 is 0 Å². The van der Waals surface area contributed by atoms with E-state index in [4.69, 9.17) is 6.57 Å². The summed E-state index contributed by atoms with van der Waals surface area (Å²) in [7, 11) is 0. The van der Waals surface area contributed by atoms with E-state index < -0.39 is 0 Å². The molecule has 25 aromatic rings. The zero-order chi connectivity index (χ0) is 97.9. The summed E-state index contributed by atoms with van der Waals surface area (Å²) in [6.45, 7) is 16.6. The monoisotopic (exact) mass is 1830 g/mol. The van der Waals surface area contributed by atoms with Gasteiger partial charge in [0, 0.05) is 0 Å². The number of nitriles is 6. The number of rotatable bonds is 7. The average molecular weight is 1840 g/mol. The van der Waals surface area contributed by atoms with Crippen LogP contribution in [0.2, 0.25) is 0 Å². The lowest BCUT2D eigenvalue weighted by Crippen LogP contribution is -2.10. The van der Waals surface area contributed by atoms with Crippen molar-refractivity contribution >= 4 is 135 Å². The van der Waals surface area contributed by atoms with E-state index in [1.54, 1.807) is 0 Å². The first-order valence-corrected chi connectivity index (χ1v) is 48.6. The van der Waals surface area contributed by atoms with Crippen LogP contribution in [-0.4, -0.2) is 0 Å². The molecule has 0 fully saturated rings. The van der Waals surface area contributed by atoms with Gasteiger partial charge in [-0.15, -0.1) is 0 Å². The molecule has 145 heavy (non-hydrogen) atoms. The van der Waals surface area contributed by atoms with E-state index in [1.807, 2.05) is 109 Å². The third kappa shape index (κ3) is 13.9. The molecule has 0 unspecified atom stereocenters. The molecule has 0 saturated carbocycles. The second-order valence-corrected chi connectivity index (χ2v) is 39.4. The standard InChI is InChI=1S/C49H28N2.C46H30N2.C43H21N3/c1-29-8-14-32(15-9-29)36-20-21-37-42(22-36)40(33-16-10-30(27-50)11-17-33)24-47-43(37)23-41(34-18-12-31(28-51)13-19-34)46-25-44-38-6-2-4-35-5-3-7-39(49(35)38)45(44)26-48(46)47;1-46(2,3)32-18-19-33-38(20-32)36(29-14-10-27(25-47)11-15-29)22-43-39(33)21-37(30-16-12-28(26-48)13-17-30)42-23-40-34-8-4-6-31-7-5-9-35(45(31)34)41(40)24-44(42)43;1-46-30-16-17-31-36(18-30)34(27-12-8-25(23-44)9-13-27)20-41-37(31)19-35(28-14-10-26(24-45)11-15-28)40-21-38-32-6-2-4-29-5-3-7-33(43(29)32)39(38)22-42(40)41/h2-26H,1H3;4-24H,1-3H3;2-22H. The average Bonchev–Trinajstić information content (AvgIpc) is 1.68. The summed E-state index contributed by atoms with van der Waals surface area (Å²) >= 11 is 0. The molecule has 3 aliphatic rings. The maximum atomic E-state index is 9.60. The Hall–Kier alpha value is -20.0. The minimum absolute atomic E-state index is 0.0152. The number of fused-ring (bicyclic) bond motifs is 24. The van der Waals surface area contributed by atoms with Gasteiger partial charge in [0.05, 0.1) is 76.4 Å². The molecule has 7 nitrogen and oxygen atoms in total. The first-order chi connectivity index (χ1) is 71.0. The Balaban J connectivity index is 0.000000111. The Labute approximate surface area is 837 Å². The van der Waals surface area contributed by atoms with E-state index in [-0.39, 0.29) is 5.41 Å². The maximum Gasteiger partial charge on any atom is 0.187 e. The summed E-state index contributed by atoms with van der Waals surface area (Å²) in [4.78, 5) is 3.75. The summed E-state index contributed by atoms with van der Waals surface area (Å²) in [5.41, 5.74) is 37.4. The van der Waals surface area contributed by atoms with Crippen LogP contribution >= 0.6 is 0 Å². The van der Waals surface area contributed by atoms with Crippen molar-refractivity contribution in [2.24, 2.45) is 0 Å². The van der Waals surface area contributed by atoms with E-state index in [0.717, 1.165) is 110 Å². The molecule has 0 bridgehead atoms. The number of benzene rings is 25. The van der Waals surface area contributed by atoms with Crippen LogP contribution in [0, 0.1) is 81.5 Å². The van der Waals surface area contributed by atoms with Crippen molar-refractivity contribution in [1.29, 1.82) is 31.6 Å². The minimum atomic E-state index is -0.0152. The quantitative estimate of drug-likeness (QED) is 0.115. The van der Waals surface area contributed by atoms with Gasteiger partial charge in [0.25, 0.3) is 0 Å². The lowest BCUT2D eigenvalue weighted by Gasteiger charge is -2.22. The fraction of sp³-hybridized carbons (Fsp3) is 0.0362. The van der Waals surface area contributed by atoms with Crippen LogP contribution in [0.4, 0.5) is 5.69 Å². The van der Waals surface area contributed by atoms with Gasteiger partial charge in [0.1, 0.15) is 0 Å². The Morgan fingerprint density at radius 2 is 0.400 bits per heavy atom. The Bertz CT molecular complexity index is 10400. The molecule has 7 heteroatoms. The Morgan fingerprint density at radius 1 is 0.186 bits per heavy atom. The maximum absolute atomic E-state index is 9.60. The molecule has 0 N–H and O–H groups in total. The highest BCUT2D eigenvalue weighted by atomic mass is 14.6. The predicted molar refractivity (Wildman–Crippen MR) is 599 cm³/mol. The SMILES string of the molecule is CC(C)(C)c1ccc2c(c1)c(-c1ccc(C#N)cc1)cc1c3cc4c(cc3c(-c3ccc(C#N)cc3)cc21)-c1cccc2cccc-4c12.Cc1ccc(-c2ccc3c(c2)c(-c2ccc(C#N)cc2)cc2c4cc5c(cc4c(-c4ccc(C#N)cc4)cc32)-c2cccc3cccc-5c23)cc1.[C-]#[N+]c1ccc2c(c1)c(-c1ccc(C#N)cc1)cc1c3cc4c(cc3c(-c3ccc(C#N)cc3)cc21)-c1cccc2cccc-4c12. The van der Waals surface area contributed by atoms with Gasteiger partial charge in [-0.2, -0.15) is 31.6 Å². The van der Waals surface area contributed by atoms with Crippen LogP contribution in [0.25, 0.3) is 279 Å². The zero-order valence-corrected chi connectivity index (χ0v) is 79.3. The molecule has 3 aliphatic carbocycles. The smallest absolute Gasteiger partial charge is 0.187 e. The first-order valence-electron chi connectivity index (χ1n) is 48.6. The van der Waals surface area contributed by atoms with E-state index in [1.165, 1.54) is 175 Å². The molecular formula is C138H79N7. The van der Waals surface area contributed by atoms with Crippen molar-refractivity contribution in [1.82, 2.24) is 0 Å². The molecule has 666 valence electrons.